The minimum absolute atomic E-state index is 0.254. The van der Waals surface area contributed by atoms with Gasteiger partial charge in [-0.3, -0.25) is 0 Å². The van der Waals surface area contributed by atoms with Gasteiger partial charge in [0.25, 0.3) is 0 Å². The first-order chi connectivity index (χ1) is 8.79. The zero-order valence-corrected chi connectivity index (χ0v) is 10.2. The molecule has 2 aromatic rings. The molecule has 18 heavy (non-hydrogen) atoms. The fourth-order valence-corrected chi connectivity index (χ4v) is 2.53. The van der Waals surface area contributed by atoms with Crippen molar-refractivity contribution in [3.63, 3.8) is 0 Å². The van der Waals surface area contributed by atoms with Crippen LogP contribution < -0.4 is 0 Å². The first kappa shape index (κ1) is 10.8. The van der Waals surface area contributed by atoms with E-state index >= 15 is 0 Å². The van der Waals surface area contributed by atoms with Crippen LogP contribution >= 0.6 is 0 Å². The van der Waals surface area contributed by atoms with Crippen LogP contribution in [0.4, 0.5) is 0 Å². The fourth-order valence-electron chi connectivity index (χ4n) is 2.53. The number of nitriles is 1. The Hall–Kier alpha value is -2.33. The smallest absolute Gasteiger partial charge is 0.0995 e. The van der Waals surface area contributed by atoms with E-state index in [1.54, 1.807) is 0 Å². The quantitative estimate of drug-likeness (QED) is 0.717. The van der Waals surface area contributed by atoms with Crippen molar-refractivity contribution in [3.8, 4) is 6.07 Å². The molecule has 1 aliphatic rings. The summed E-state index contributed by atoms with van der Waals surface area (Å²) in [7, 11) is 0. The minimum atomic E-state index is 0.254. The number of rotatable bonds is 1. The van der Waals surface area contributed by atoms with E-state index in [-0.39, 0.29) is 5.92 Å². The highest BCUT2D eigenvalue weighted by Crippen LogP contribution is 2.34. The maximum Gasteiger partial charge on any atom is 0.0995 e. The Kier molecular flexibility index (Phi) is 2.50. The molecule has 3 rings (SSSR count). The van der Waals surface area contributed by atoms with Crippen LogP contribution in [0.3, 0.4) is 0 Å². The predicted molar refractivity (Wildman–Crippen MR) is 74.3 cm³/mol. The SMILES string of the molecule is CC1=CC=CC1c1cc2ccccc2cc1C#N. The van der Waals surface area contributed by atoms with Gasteiger partial charge >= 0.3 is 0 Å². The Labute approximate surface area is 107 Å². The number of hydrogen-bond acceptors (Lipinski definition) is 1. The van der Waals surface area contributed by atoms with E-state index in [1.807, 2.05) is 24.3 Å². The van der Waals surface area contributed by atoms with Gasteiger partial charge < -0.3 is 0 Å². The number of hydrogen-bond donors (Lipinski definition) is 0. The van der Waals surface area contributed by atoms with Gasteiger partial charge in [-0.05, 0) is 35.4 Å². The molecule has 0 fully saturated rings. The van der Waals surface area contributed by atoms with Gasteiger partial charge in [-0.15, -0.1) is 0 Å². The summed E-state index contributed by atoms with van der Waals surface area (Å²) in [6.45, 7) is 2.11. The van der Waals surface area contributed by atoms with E-state index in [0.29, 0.717) is 0 Å². The summed E-state index contributed by atoms with van der Waals surface area (Å²) >= 11 is 0. The summed E-state index contributed by atoms with van der Waals surface area (Å²) in [6, 6.07) is 14.6. The highest BCUT2D eigenvalue weighted by atomic mass is 14.3. The molecule has 1 atom stereocenters. The molecule has 1 unspecified atom stereocenters. The van der Waals surface area contributed by atoms with Crippen molar-refractivity contribution >= 4 is 10.8 Å². The van der Waals surface area contributed by atoms with E-state index in [1.165, 1.54) is 11.0 Å². The lowest BCUT2D eigenvalue weighted by Crippen LogP contribution is -1.98. The molecule has 0 aromatic heterocycles. The van der Waals surface area contributed by atoms with Crippen LogP contribution in [0.2, 0.25) is 0 Å². The molecule has 0 amide bonds. The highest BCUT2D eigenvalue weighted by Gasteiger charge is 2.17. The molecule has 0 spiro atoms. The van der Waals surface area contributed by atoms with E-state index in [2.05, 4.69) is 43.4 Å². The summed E-state index contributed by atoms with van der Waals surface area (Å²) in [4.78, 5) is 0. The van der Waals surface area contributed by atoms with Crippen molar-refractivity contribution in [2.45, 2.75) is 12.8 Å². The molecule has 0 bridgehead atoms. The van der Waals surface area contributed by atoms with Crippen LogP contribution in [0.5, 0.6) is 0 Å². The van der Waals surface area contributed by atoms with Gasteiger partial charge in [0.2, 0.25) is 0 Å². The van der Waals surface area contributed by atoms with Crippen LogP contribution in [0.15, 0.2) is 60.2 Å². The molecule has 0 heterocycles. The monoisotopic (exact) mass is 231 g/mol. The number of nitrogens with zero attached hydrogens (tertiary/aromatic N) is 1. The molecule has 1 aliphatic carbocycles. The molecule has 2 aromatic carbocycles. The van der Waals surface area contributed by atoms with Gasteiger partial charge in [-0.2, -0.15) is 5.26 Å². The van der Waals surface area contributed by atoms with Crippen LogP contribution in [0, 0.1) is 11.3 Å². The van der Waals surface area contributed by atoms with Crippen molar-refractivity contribution in [1.82, 2.24) is 0 Å². The molecule has 0 aliphatic heterocycles. The number of allylic oxidation sites excluding steroid dienone is 4. The maximum atomic E-state index is 9.33. The Balaban J connectivity index is 2.25. The Bertz CT molecular complexity index is 714. The van der Waals surface area contributed by atoms with Crippen molar-refractivity contribution in [3.05, 3.63) is 71.3 Å². The fraction of sp³-hybridized carbons (Fsp3) is 0.118. The number of fused-ring (bicyclic) bond motifs is 1. The van der Waals surface area contributed by atoms with E-state index < -0.39 is 0 Å². The van der Waals surface area contributed by atoms with Crippen molar-refractivity contribution in [2.24, 2.45) is 0 Å². The van der Waals surface area contributed by atoms with E-state index in [0.717, 1.165) is 16.5 Å². The first-order valence-electron chi connectivity index (χ1n) is 6.07. The third-order valence-corrected chi connectivity index (χ3v) is 3.53. The van der Waals surface area contributed by atoms with Crippen molar-refractivity contribution in [2.75, 3.05) is 0 Å². The maximum absolute atomic E-state index is 9.33. The van der Waals surface area contributed by atoms with E-state index in [9.17, 15) is 5.26 Å². The van der Waals surface area contributed by atoms with Crippen LogP contribution in [-0.4, -0.2) is 0 Å². The Morgan fingerprint density at radius 2 is 1.83 bits per heavy atom. The summed E-state index contributed by atoms with van der Waals surface area (Å²) in [5.41, 5.74) is 3.18. The molecule has 0 radical (unpaired) electrons. The second-order valence-electron chi connectivity index (χ2n) is 4.67. The van der Waals surface area contributed by atoms with Gasteiger partial charge in [0.05, 0.1) is 11.6 Å². The van der Waals surface area contributed by atoms with Crippen molar-refractivity contribution < 1.29 is 0 Å². The number of benzene rings is 2. The summed E-state index contributed by atoms with van der Waals surface area (Å²) in [5, 5.41) is 11.7. The van der Waals surface area contributed by atoms with Gasteiger partial charge in [-0.25, -0.2) is 0 Å². The molecule has 1 nitrogen and oxygen atoms in total. The third-order valence-electron chi connectivity index (χ3n) is 3.53. The molecule has 1 heteroatoms. The Morgan fingerprint density at radius 3 is 2.44 bits per heavy atom. The van der Waals surface area contributed by atoms with Gasteiger partial charge in [0, 0.05) is 5.92 Å². The predicted octanol–water partition coefficient (Wildman–Crippen LogP) is 4.31. The lowest BCUT2D eigenvalue weighted by molar-refractivity contribution is 1.01. The minimum Gasteiger partial charge on any atom is -0.192 e. The Morgan fingerprint density at radius 1 is 1.11 bits per heavy atom. The zero-order valence-electron chi connectivity index (χ0n) is 10.2. The average molecular weight is 231 g/mol. The van der Waals surface area contributed by atoms with Gasteiger partial charge in [0.1, 0.15) is 0 Å². The molecular weight excluding hydrogens is 218 g/mol. The van der Waals surface area contributed by atoms with Gasteiger partial charge in [0.15, 0.2) is 0 Å². The average Bonchev–Trinajstić information content (AvgIpc) is 2.83. The second-order valence-corrected chi connectivity index (χ2v) is 4.67. The lowest BCUT2D eigenvalue weighted by Gasteiger charge is -2.14. The summed E-state index contributed by atoms with van der Waals surface area (Å²) < 4.78 is 0. The highest BCUT2D eigenvalue weighted by molar-refractivity contribution is 5.85. The van der Waals surface area contributed by atoms with Crippen LogP contribution in [0.25, 0.3) is 10.8 Å². The normalized spacial score (nSPS) is 17.8. The summed E-state index contributed by atoms with van der Waals surface area (Å²) in [6.07, 6.45) is 6.33. The third kappa shape index (κ3) is 1.63. The largest absolute Gasteiger partial charge is 0.192 e. The molecular formula is C17H13N. The zero-order chi connectivity index (χ0) is 12.5. The molecule has 0 N–H and O–H groups in total. The van der Waals surface area contributed by atoms with Crippen LogP contribution in [0.1, 0.15) is 24.0 Å². The van der Waals surface area contributed by atoms with E-state index in [4.69, 9.17) is 0 Å². The van der Waals surface area contributed by atoms with Crippen LogP contribution in [-0.2, 0) is 0 Å². The molecule has 0 saturated carbocycles. The molecule has 86 valence electrons. The van der Waals surface area contributed by atoms with Crippen molar-refractivity contribution in [1.29, 1.82) is 5.26 Å². The first-order valence-corrected chi connectivity index (χ1v) is 6.07. The molecule has 0 saturated heterocycles. The lowest BCUT2D eigenvalue weighted by atomic mass is 9.89. The summed E-state index contributed by atoms with van der Waals surface area (Å²) in [5.74, 6) is 0.254. The van der Waals surface area contributed by atoms with Gasteiger partial charge in [-0.1, -0.05) is 48.1 Å². The second kappa shape index (κ2) is 4.16. The standard InChI is InChI=1S/C17H13N/c1-12-5-4-8-16(12)17-10-14-7-3-2-6-13(14)9-15(17)11-18/h2-10,16H,1H3. The topological polar surface area (TPSA) is 23.8 Å².